The van der Waals surface area contributed by atoms with E-state index < -0.39 is 17.5 Å². The summed E-state index contributed by atoms with van der Waals surface area (Å²) in [5.74, 6) is -0.772. The van der Waals surface area contributed by atoms with E-state index in [0.29, 0.717) is 5.69 Å². The van der Waals surface area contributed by atoms with Gasteiger partial charge < -0.3 is 4.74 Å². The number of anilines is 1. The molecule has 2 atom stereocenters. The van der Waals surface area contributed by atoms with Crippen molar-refractivity contribution >= 4 is 17.6 Å². The molecule has 1 aliphatic carbocycles. The number of halogens is 1. The van der Waals surface area contributed by atoms with E-state index in [1.165, 1.54) is 18.2 Å². The molecule has 118 valence electrons. The fraction of sp³-hybridized carbons (Fsp3) is 0.529. The number of ether oxygens (including phenoxy) is 1. The van der Waals surface area contributed by atoms with Gasteiger partial charge in [0.15, 0.2) is 5.78 Å². The highest BCUT2D eigenvalue weighted by Crippen LogP contribution is 2.42. The second kappa shape index (κ2) is 5.07. The summed E-state index contributed by atoms with van der Waals surface area (Å²) < 4.78 is 19.0. The van der Waals surface area contributed by atoms with Crippen LogP contribution >= 0.6 is 0 Å². The van der Waals surface area contributed by atoms with Crippen molar-refractivity contribution in [3.05, 3.63) is 29.6 Å². The van der Waals surface area contributed by atoms with Gasteiger partial charge in [-0.1, -0.05) is 6.42 Å². The molecule has 1 fully saturated rings. The Bertz CT molecular complexity index is 635. The lowest BCUT2D eigenvalue weighted by atomic mass is 9.86. The van der Waals surface area contributed by atoms with Gasteiger partial charge in [0.25, 0.3) is 0 Å². The van der Waals surface area contributed by atoms with Crippen LogP contribution in [-0.2, 0) is 4.74 Å². The average Bonchev–Trinajstić information content (AvgIpc) is 2.87. The molecular weight excluding hydrogens is 285 g/mol. The van der Waals surface area contributed by atoms with Gasteiger partial charge in [0.1, 0.15) is 11.4 Å². The largest absolute Gasteiger partial charge is 0.443 e. The maximum Gasteiger partial charge on any atom is 0.415 e. The molecule has 1 aromatic carbocycles. The van der Waals surface area contributed by atoms with E-state index in [1.54, 1.807) is 25.7 Å². The summed E-state index contributed by atoms with van der Waals surface area (Å²) in [4.78, 5) is 26.7. The summed E-state index contributed by atoms with van der Waals surface area (Å²) in [6.07, 6.45) is 1.92. The third kappa shape index (κ3) is 2.49. The number of fused-ring (bicyclic) bond motifs is 2. The third-order valence-electron chi connectivity index (χ3n) is 4.22. The Labute approximate surface area is 129 Å². The Morgan fingerprint density at radius 3 is 2.73 bits per heavy atom. The first-order chi connectivity index (χ1) is 10.3. The predicted molar refractivity (Wildman–Crippen MR) is 80.6 cm³/mol. The van der Waals surface area contributed by atoms with Gasteiger partial charge in [-0.15, -0.1) is 0 Å². The number of amides is 1. The number of rotatable bonds is 0. The molecule has 0 saturated heterocycles. The van der Waals surface area contributed by atoms with Crippen molar-refractivity contribution in [2.45, 2.75) is 51.7 Å². The van der Waals surface area contributed by atoms with Crippen LogP contribution in [0.3, 0.4) is 0 Å². The highest BCUT2D eigenvalue weighted by molar-refractivity contribution is 6.09. The van der Waals surface area contributed by atoms with Gasteiger partial charge in [0, 0.05) is 11.5 Å². The molecule has 5 heteroatoms. The number of Topliss-reactive ketones (excluding diaryl/α,β-unsaturated/α-hetero) is 1. The molecule has 1 aliphatic heterocycles. The van der Waals surface area contributed by atoms with Crippen LogP contribution in [0.5, 0.6) is 0 Å². The number of carbonyl (C=O) groups excluding carboxylic acids is 2. The van der Waals surface area contributed by atoms with Gasteiger partial charge in [0.05, 0.1) is 11.7 Å². The van der Waals surface area contributed by atoms with Crippen LogP contribution in [0.25, 0.3) is 0 Å². The molecule has 0 N–H and O–H groups in total. The molecule has 0 bridgehead atoms. The van der Waals surface area contributed by atoms with Crippen molar-refractivity contribution in [2.24, 2.45) is 5.92 Å². The van der Waals surface area contributed by atoms with E-state index >= 15 is 0 Å². The minimum Gasteiger partial charge on any atom is -0.443 e. The monoisotopic (exact) mass is 305 g/mol. The van der Waals surface area contributed by atoms with E-state index in [1.807, 2.05) is 0 Å². The molecule has 1 amide bonds. The van der Waals surface area contributed by atoms with E-state index in [9.17, 15) is 14.0 Å². The Kier molecular flexibility index (Phi) is 3.46. The molecule has 1 aromatic rings. The highest BCUT2D eigenvalue weighted by Gasteiger charge is 2.46. The fourth-order valence-corrected chi connectivity index (χ4v) is 3.39. The summed E-state index contributed by atoms with van der Waals surface area (Å²) in [7, 11) is 0. The summed E-state index contributed by atoms with van der Waals surface area (Å²) in [6.45, 7) is 5.41. The van der Waals surface area contributed by atoms with Crippen LogP contribution < -0.4 is 4.90 Å². The number of ketones is 1. The Hall–Kier alpha value is -1.91. The van der Waals surface area contributed by atoms with Crippen LogP contribution in [-0.4, -0.2) is 23.5 Å². The molecular formula is C17H20FNO3. The van der Waals surface area contributed by atoms with Gasteiger partial charge in [0.2, 0.25) is 0 Å². The quantitative estimate of drug-likeness (QED) is 0.729. The lowest BCUT2D eigenvalue weighted by molar-refractivity contribution is 0.0550. The summed E-state index contributed by atoms with van der Waals surface area (Å²) in [5, 5.41) is 0. The zero-order valence-electron chi connectivity index (χ0n) is 13.1. The van der Waals surface area contributed by atoms with Gasteiger partial charge in [-0.3, -0.25) is 9.69 Å². The molecule has 4 nitrogen and oxygen atoms in total. The minimum atomic E-state index is -0.618. The maximum atomic E-state index is 13.5. The van der Waals surface area contributed by atoms with Crippen LogP contribution in [0.4, 0.5) is 14.9 Å². The third-order valence-corrected chi connectivity index (χ3v) is 4.22. The van der Waals surface area contributed by atoms with Crippen LogP contribution in [0.15, 0.2) is 18.2 Å². The molecule has 1 heterocycles. The summed E-state index contributed by atoms with van der Waals surface area (Å²) in [6, 6.07) is 3.82. The van der Waals surface area contributed by atoms with E-state index in [0.717, 1.165) is 19.3 Å². The number of benzene rings is 1. The maximum absolute atomic E-state index is 13.5. The topological polar surface area (TPSA) is 46.6 Å². The van der Waals surface area contributed by atoms with Crippen LogP contribution in [0, 0.1) is 11.7 Å². The molecule has 0 unspecified atom stereocenters. The van der Waals surface area contributed by atoms with Crippen molar-refractivity contribution < 1.29 is 18.7 Å². The lowest BCUT2D eigenvalue weighted by Crippen LogP contribution is -2.50. The zero-order chi connectivity index (χ0) is 16.1. The van der Waals surface area contributed by atoms with Crippen molar-refractivity contribution in [1.82, 2.24) is 0 Å². The first-order valence-electron chi connectivity index (χ1n) is 7.64. The molecule has 0 aromatic heterocycles. The Morgan fingerprint density at radius 1 is 1.32 bits per heavy atom. The molecule has 1 saturated carbocycles. The van der Waals surface area contributed by atoms with Crippen molar-refractivity contribution in [1.29, 1.82) is 0 Å². The van der Waals surface area contributed by atoms with Crippen molar-refractivity contribution in [2.75, 3.05) is 4.90 Å². The molecule has 3 rings (SSSR count). The van der Waals surface area contributed by atoms with Gasteiger partial charge >= 0.3 is 6.09 Å². The first-order valence-corrected chi connectivity index (χ1v) is 7.64. The first kappa shape index (κ1) is 15.0. The van der Waals surface area contributed by atoms with E-state index in [-0.39, 0.29) is 23.3 Å². The highest BCUT2D eigenvalue weighted by atomic mass is 19.1. The smallest absolute Gasteiger partial charge is 0.415 e. The Balaban J connectivity index is 2.06. The predicted octanol–water partition coefficient (Wildman–Crippen LogP) is 3.93. The number of hydrogen-bond donors (Lipinski definition) is 0. The Morgan fingerprint density at radius 2 is 2.05 bits per heavy atom. The standard InChI is InChI=1S/C17H20FNO3/c1-17(2,3)22-16(21)19-13-6-4-5-11(13)15(20)12-9-10(18)7-8-14(12)19/h7-9,11,13H,4-6H2,1-3H3/t11-,13+/m0/s1. The van der Waals surface area contributed by atoms with Gasteiger partial charge in [-0.05, 0) is 51.8 Å². The second-order valence-corrected chi connectivity index (χ2v) is 6.98. The van der Waals surface area contributed by atoms with Crippen molar-refractivity contribution in [3.63, 3.8) is 0 Å². The van der Waals surface area contributed by atoms with Crippen molar-refractivity contribution in [3.8, 4) is 0 Å². The van der Waals surface area contributed by atoms with Gasteiger partial charge in [-0.2, -0.15) is 0 Å². The normalized spacial score (nSPS) is 24.0. The SMILES string of the molecule is CC(C)(C)OC(=O)N1c2ccc(F)cc2C(=O)[C@H]2CCC[C@H]21. The second-order valence-electron chi connectivity index (χ2n) is 6.98. The summed E-state index contributed by atoms with van der Waals surface area (Å²) in [5.41, 5.74) is 0.130. The van der Waals surface area contributed by atoms with E-state index in [2.05, 4.69) is 0 Å². The van der Waals surface area contributed by atoms with Crippen LogP contribution in [0.1, 0.15) is 50.4 Å². The molecule has 0 radical (unpaired) electrons. The minimum absolute atomic E-state index is 0.0585. The number of carbonyl (C=O) groups is 2. The van der Waals surface area contributed by atoms with Gasteiger partial charge in [-0.25, -0.2) is 9.18 Å². The molecule has 2 aliphatic rings. The number of hydrogen-bond acceptors (Lipinski definition) is 3. The van der Waals surface area contributed by atoms with Crippen LogP contribution in [0.2, 0.25) is 0 Å². The summed E-state index contributed by atoms with van der Waals surface area (Å²) >= 11 is 0. The fourth-order valence-electron chi connectivity index (χ4n) is 3.39. The van der Waals surface area contributed by atoms with E-state index in [4.69, 9.17) is 4.74 Å². The molecule has 22 heavy (non-hydrogen) atoms. The number of nitrogens with zero attached hydrogens (tertiary/aromatic N) is 1. The molecule has 0 spiro atoms. The zero-order valence-corrected chi connectivity index (χ0v) is 13.1. The lowest BCUT2D eigenvalue weighted by Gasteiger charge is -2.38. The average molecular weight is 305 g/mol.